The summed E-state index contributed by atoms with van der Waals surface area (Å²) in [5.41, 5.74) is 5.24. The molecule has 5 rings (SSSR count). The van der Waals surface area contributed by atoms with Gasteiger partial charge in [0.2, 0.25) is 0 Å². The predicted molar refractivity (Wildman–Crippen MR) is 135 cm³/mol. The van der Waals surface area contributed by atoms with Crippen molar-refractivity contribution in [2.75, 3.05) is 13.9 Å². The summed E-state index contributed by atoms with van der Waals surface area (Å²) in [6, 6.07) is 2.28. The lowest BCUT2D eigenvalue weighted by atomic mass is 9.48. The van der Waals surface area contributed by atoms with Gasteiger partial charge in [0.05, 0.1) is 18.8 Å². The van der Waals surface area contributed by atoms with Gasteiger partial charge < -0.3 is 14.2 Å². The molecule has 0 saturated heterocycles. The fourth-order valence-corrected chi connectivity index (χ4v) is 8.99. The highest BCUT2D eigenvalue weighted by atomic mass is 32.1. The SMILES string of the molecule is C/C=C1\[C@H](OCc2cc(C)cs2)C[C@H]2[C@@H]3CC=C4C[C@@H](OCOC)CC[C@]4(C)[C@H]3CC[C@]12C. The molecule has 0 N–H and O–H groups in total. The van der Waals surface area contributed by atoms with E-state index in [1.807, 2.05) is 11.3 Å². The van der Waals surface area contributed by atoms with Crippen LogP contribution in [-0.2, 0) is 20.8 Å². The van der Waals surface area contributed by atoms with Crippen LogP contribution >= 0.6 is 11.3 Å². The topological polar surface area (TPSA) is 27.7 Å². The molecule has 0 bridgehead atoms. The number of methoxy groups -OCH3 is 1. The second kappa shape index (κ2) is 9.26. The quantitative estimate of drug-likeness (QED) is 0.319. The lowest BCUT2D eigenvalue weighted by molar-refractivity contribution is -0.0944. The van der Waals surface area contributed by atoms with Crippen molar-refractivity contribution in [1.29, 1.82) is 0 Å². The third kappa shape index (κ3) is 4.09. The summed E-state index contributed by atoms with van der Waals surface area (Å²) in [6.45, 7) is 10.7. The lowest BCUT2D eigenvalue weighted by Gasteiger charge is -2.57. The molecule has 0 radical (unpaired) electrons. The molecule has 0 unspecified atom stereocenters. The van der Waals surface area contributed by atoms with Gasteiger partial charge >= 0.3 is 0 Å². The first-order valence-electron chi connectivity index (χ1n) is 13.0. The van der Waals surface area contributed by atoms with Crippen molar-refractivity contribution in [3.63, 3.8) is 0 Å². The normalized spacial score (nSPS) is 41.4. The fourth-order valence-electron chi connectivity index (χ4n) is 8.20. The van der Waals surface area contributed by atoms with Crippen molar-refractivity contribution in [2.45, 2.75) is 91.5 Å². The molecule has 4 heteroatoms. The average molecular weight is 471 g/mol. The van der Waals surface area contributed by atoms with Crippen molar-refractivity contribution in [3.8, 4) is 0 Å². The van der Waals surface area contributed by atoms with Crippen LogP contribution in [-0.4, -0.2) is 26.1 Å². The van der Waals surface area contributed by atoms with Gasteiger partial charge in [-0.25, -0.2) is 0 Å². The summed E-state index contributed by atoms with van der Waals surface area (Å²) in [4.78, 5) is 1.35. The van der Waals surface area contributed by atoms with Gasteiger partial charge in [-0.3, -0.25) is 0 Å². The molecule has 1 heterocycles. The Bertz CT molecular complexity index is 916. The maximum Gasteiger partial charge on any atom is 0.146 e. The van der Waals surface area contributed by atoms with Gasteiger partial charge in [-0.1, -0.05) is 31.6 Å². The number of thiophene rings is 1. The Morgan fingerprint density at radius 1 is 1.12 bits per heavy atom. The average Bonchev–Trinajstić information content (AvgIpc) is 3.35. The molecule has 1 aromatic heterocycles. The van der Waals surface area contributed by atoms with Crippen LogP contribution in [0.3, 0.4) is 0 Å². The highest BCUT2D eigenvalue weighted by molar-refractivity contribution is 7.10. The fraction of sp³-hybridized carbons (Fsp3) is 0.724. The molecule has 33 heavy (non-hydrogen) atoms. The van der Waals surface area contributed by atoms with Crippen LogP contribution in [0.2, 0.25) is 0 Å². The monoisotopic (exact) mass is 470 g/mol. The van der Waals surface area contributed by atoms with E-state index in [0.29, 0.717) is 23.7 Å². The molecule has 3 saturated carbocycles. The molecule has 4 aliphatic carbocycles. The highest BCUT2D eigenvalue weighted by Gasteiger charge is 2.59. The zero-order valence-electron chi connectivity index (χ0n) is 21.2. The zero-order valence-corrected chi connectivity index (χ0v) is 22.0. The van der Waals surface area contributed by atoms with Crippen LogP contribution in [0.5, 0.6) is 0 Å². The Morgan fingerprint density at radius 2 is 1.94 bits per heavy atom. The maximum atomic E-state index is 6.62. The van der Waals surface area contributed by atoms with E-state index in [2.05, 4.69) is 51.3 Å². The standard InChI is InChI=1S/C29H42O3S/c1-6-24-27(31-16-22-13-19(2)17-33-22)15-26-23-8-7-20-14-21(32-18-30-5)9-11-28(20,3)25(23)10-12-29(24,26)4/h6-7,13,17,21,23,25-27H,8-12,14-16,18H2,1-5H3/b24-6+/t21-,23+,25-,26-,27+,28-,29+/m0/s1. The molecule has 4 aliphatic rings. The molecule has 1 aromatic rings. The van der Waals surface area contributed by atoms with Crippen molar-refractivity contribution >= 4 is 11.3 Å². The lowest BCUT2D eigenvalue weighted by Crippen LogP contribution is -2.49. The minimum absolute atomic E-state index is 0.280. The molecule has 0 spiro atoms. The van der Waals surface area contributed by atoms with Gasteiger partial charge in [-0.2, -0.15) is 0 Å². The van der Waals surface area contributed by atoms with Crippen molar-refractivity contribution < 1.29 is 14.2 Å². The van der Waals surface area contributed by atoms with E-state index in [4.69, 9.17) is 14.2 Å². The number of allylic oxidation sites excluding steroid dienone is 2. The Hall–Kier alpha value is -0.940. The van der Waals surface area contributed by atoms with Crippen LogP contribution < -0.4 is 0 Å². The summed E-state index contributed by atoms with van der Waals surface area (Å²) in [7, 11) is 1.72. The summed E-state index contributed by atoms with van der Waals surface area (Å²) in [5, 5.41) is 2.23. The van der Waals surface area contributed by atoms with E-state index in [1.54, 1.807) is 18.3 Å². The van der Waals surface area contributed by atoms with E-state index >= 15 is 0 Å². The first kappa shape index (κ1) is 23.8. The molecule has 0 aromatic carbocycles. The molecule has 7 atom stereocenters. The van der Waals surface area contributed by atoms with Crippen molar-refractivity contribution in [1.82, 2.24) is 0 Å². The number of hydrogen-bond donors (Lipinski definition) is 0. The minimum atomic E-state index is 0.280. The Labute approximate surface area is 204 Å². The van der Waals surface area contributed by atoms with Gasteiger partial charge in [0, 0.05) is 12.0 Å². The summed E-state index contributed by atoms with van der Waals surface area (Å²) in [5.74, 6) is 2.31. The minimum Gasteiger partial charge on any atom is -0.368 e. The highest BCUT2D eigenvalue weighted by Crippen LogP contribution is 2.66. The van der Waals surface area contributed by atoms with Gasteiger partial charge in [0.1, 0.15) is 6.79 Å². The Kier molecular flexibility index (Phi) is 6.67. The third-order valence-corrected chi connectivity index (χ3v) is 10.9. The molecular formula is C29H42O3S. The smallest absolute Gasteiger partial charge is 0.146 e. The van der Waals surface area contributed by atoms with Gasteiger partial charge in [0.15, 0.2) is 0 Å². The van der Waals surface area contributed by atoms with Gasteiger partial charge in [-0.15, -0.1) is 11.3 Å². The molecule has 3 fully saturated rings. The summed E-state index contributed by atoms with van der Waals surface area (Å²) >= 11 is 1.83. The maximum absolute atomic E-state index is 6.62. The first-order chi connectivity index (χ1) is 15.9. The van der Waals surface area contributed by atoms with Crippen LogP contribution in [0.25, 0.3) is 0 Å². The van der Waals surface area contributed by atoms with E-state index in [0.717, 1.165) is 37.2 Å². The number of ether oxygens (including phenoxy) is 3. The van der Waals surface area contributed by atoms with Gasteiger partial charge in [-0.05, 0) is 110 Å². The van der Waals surface area contributed by atoms with Crippen LogP contribution in [0, 0.1) is 35.5 Å². The van der Waals surface area contributed by atoms with Crippen LogP contribution in [0.1, 0.15) is 76.2 Å². The van der Waals surface area contributed by atoms with E-state index in [-0.39, 0.29) is 6.10 Å². The molecule has 0 aliphatic heterocycles. The van der Waals surface area contributed by atoms with E-state index < -0.39 is 0 Å². The summed E-state index contributed by atoms with van der Waals surface area (Å²) in [6.07, 6.45) is 14.2. The number of aryl methyl sites for hydroxylation is 1. The zero-order chi connectivity index (χ0) is 23.2. The number of hydrogen-bond acceptors (Lipinski definition) is 4. The predicted octanol–water partition coefficient (Wildman–Crippen LogP) is 7.45. The molecule has 3 nitrogen and oxygen atoms in total. The van der Waals surface area contributed by atoms with Crippen LogP contribution in [0.4, 0.5) is 0 Å². The third-order valence-electron chi connectivity index (χ3n) is 9.87. The second-order valence-electron chi connectivity index (χ2n) is 11.5. The number of rotatable bonds is 6. The molecule has 0 amide bonds. The molecule has 182 valence electrons. The summed E-state index contributed by atoms with van der Waals surface area (Å²) < 4.78 is 17.8. The van der Waals surface area contributed by atoms with Gasteiger partial charge in [0.25, 0.3) is 0 Å². The second-order valence-corrected chi connectivity index (χ2v) is 12.5. The van der Waals surface area contributed by atoms with E-state index in [9.17, 15) is 0 Å². The van der Waals surface area contributed by atoms with Crippen LogP contribution in [0.15, 0.2) is 34.7 Å². The van der Waals surface area contributed by atoms with Crippen molar-refractivity contribution in [2.24, 2.45) is 28.6 Å². The largest absolute Gasteiger partial charge is 0.368 e. The Morgan fingerprint density at radius 3 is 2.67 bits per heavy atom. The Balaban J connectivity index is 1.34. The van der Waals surface area contributed by atoms with Crippen molar-refractivity contribution in [3.05, 3.63) is 45.2 Å². The molecular weight excluding hydrogens is 428 g/mol. The number of fused-ring (bicyclic) bond motifs is 5. The van der Waals surface area contributed by atoms with E-state index in [1.165, 1.54) is 42.5 Å². The first-order valence-corrected chi connectivity index (χ1v) is 13.9.